The Bertz CT molecular complexity index is 867. The second-order valence-electron chi connectivity index (χ2n) is 7.84. The van der Waals surface area contributed by atoms with Crippen LogP contribution in [0.5, 0.6) is 0 Å². The predicted octanol–water partition coefficient (Wildman–Crippen LogP) is 2.45. The van der Waals surface area contributed by atoms with E-state index in [1.165, 1.54) is 7.11 Å². The molecule has 6 nitrogen and oxygen atoms in total. The Labute approximate surface area is 187 Å². The molecule has 3 N–H and O–H groups in total. The molecular weight excluding hydrogens is 408 g/mol. The van der Waals surface area contributed by atoms with Crippen molar-refractivity contribution < 1.29 is 29.5 Å². The molecule has 3 aromatic rings. The summed E-state index contributed by atoms with van der Waals surface area (Å²) in [7, 11) is 1.37. The number of benzene rings is 3. The maximum Gasteiger partial charge on any atom is 0.186 e. The lowest BCUT2D eigenvalue weighted by atomic mass is 9.80. The van der Waals surface area contributed by atoms with E-state index in [-0.39, 0.29) is 6.61 Å². The number of hydrogen-bond donors (Lipinski definition) is 3. The molecule has 168 valence electrons. The molecule has 0 saturated carbocycles. The molecule has 1 saturated heterocycles. The van der Waals surface area contributed by atoms with Crippen molar-refractivity contribution in [2.24, 2.45) is 0 Å². The number of methoxy groups -OCH3 is 1. The molecular formula is C26H28O6. The molecule has 1 fully saturated rings. The number of aliphatic hydroxyl groups excluding tert-OH is 3. The van der Waals surface area contributed by atoms with Gasteiger partial charge in [0.1, 0.15) is 30.0 Å². The quantitative estimate of drug-likeness (QED) is 0.493. The molecule has 5 atom stereocenters. The van der Waals surface area contributed by atoms with Crippen LogP contribution in [0.1, 0.15) is 16.7 Å². The number of aliphatic hydroxyl groups is 3. The van der Waals surface area contributed by atoms with Crippen molar-refractivity contribution in [2.75, 3.05) is 13.7 Å². The fourth-order valence-corrected chi connectivity index (χ4v) is 4.22. The van der Waals surface area contributed by atoms with E-state index in [9.17, 15) is 15.3 Å². The molecule has 0 aromatic heterocycles. The van der Waals surface area contributed by atoms with Crippen LogP contribution in [-0.2, 0) is 19.8 Å². The highest BCUT2D eigenvalue weighted by molar-refractivity contribution is 5.47. The topological polar surface area (TPSA) is 88.4 Å². The van der Waals surface area contributed by atoms with Crippen LogP contribution in [-0.4, -0.2) is 59.7 Å². The second-order valence-corrected chi connectivity index (χ2v) is 7.84. The van der Waals surface area contributed by atoms with Crippen LogP contribution in [0.4, 0.5) is 0 Å². The molecule has 0 bridgehead atoms. The van der Waals surface area contributed by atoms with Crippen molar-refractivity contribution in [1.29, 1.82) is 0 Å². The Morgan fingerprint density at radius 1 is 0.688 bits per heavy atom. The summed E-state index contributed by atoms with van der Waals surface area (Å²) in [5.41, 5.74) is 1.74. The summed E-state index contributed by atoms with van der Waals surface area (Å²) in [6.07, 6.45) is -6.08. The van der Waals surface area contributed by atoms with Gasteiger partial charge in [0.2, 0.25) is 0 Å². The summed E-state index contributed by atoms with van der Waals surface area (Å²) in [4.78, 5) is 0. The van der Waals surface area contributed by atoms with Gasteiger partial charge in [-0.1, -0.05) is 91.0 Å². The molecule has 3 aromatic carbocycles. The van der Waals surface area contributed by atoms with E-state index in [4.69, 9.17) is 14.2 Å². The monoisotopic (exact) mass is 436 g/mol. The lowest BCUT2D eigenvalue weighted by molar-refractivity contribution is -0.299. The Morgan fingerprint density at radius 2 is 1.12 bits per heavy atom. The second kappa shape index (κ2) is 9.92. The molecule has 0 amide bonds. The molecule has 1 heterocycles. The van der Waals surface area contributed by atoms with E-state index in [2.05, 4.69) is 0 Å². The van der Waals surface area contributed by atoms with Gasteiger partial charge in [0.15, 0.2) is 6.29 Å². The molecule has 0 unspecified atom stereocenters. The lowest BCUT2D eigenvalue weighted by Gasteiger charge is -2.42. The molecule has 0 aliphatic carbocycles. The normalized spacial score (nSPS) is 26.1. The van der Waals surface area contributed by atoms with Gasteiger partial charge < -0.3 is 29.5 Å². The average Bonchev–Trinajstić information content (AvgIpc) is 2.86. The van der Waals surface area contributed by atoms with Crippen LogP contribution < -0.4 is 0 Å². The Kier molecular flexibility index (Phi) is 7.01. The van der Waals surface area contributed by atoms with Gasteiger partial charge in [-0.15, -0.1) is 0 Å². The van der Waals surface area contributed by atoms with E-state index >= 15 is 0 Å². The zero-order valence-electron chi connectivity index (χ0n) is 17.8. The standard InChI is InChI=1S/C26H28O6/c1-30-25-24(29)23(28)22(27)21(32-25)17-31-26(18-11-5-2-6-12-18,19-13-7-3-8-14-19)20-15-9-4-10-16-20/h2-16,21-25,27-29H,17H2,1H3/t21-,22+,23-,24-,25-/m0/s1. The first kappa shape index (κ1) is 22.6. The SMILES string of the molecule is CO[C@H]1O[C@@H](COC(c2ccccc2)(c2ccccc2)c2ccccc2)[C@@H](O)[C@H](O)[C@@H]1O. The van der Waals surface area contributed by atoms with E-state index in [1.807, 2.05) is 91.0 Å². The van der Waals surface area contributed by atoms with Crippen molar-refractivity contribution in [1.82, 2.24) is 0 Å². The minimum atomic E-state index is -1.41. The largest absolute Gasteiger partial charge is 0.387 e. The summed E-state index contributed by atoms with van der Waals surface area (Å²) in [6, 6.07) is 29.5. The van der Waals surface area contributed by atoms with Crippen molar-refractivity contribution in [3.8, 4) is 0 Å². The summed E-state index contributed by atoms with van der Waals surface area (Å²) < 4.78 is 17.5. The third kappa shape index (κ3) is 4.21. The van der Waals surface area contributed by atoms with Crippen molar-refractivity contribution in [2.45, 2.75) is 36.3 Å². The summed E-state index contributed by atoms with van der Waals surface area (Å²) in [5, 5.41) is 30.9. The van der Waals surface area contributed by atoms with Crippen molar-refractivity contribution >= 4 is 0 Å². The van der Waals surface area contributed by atoms with Gasteiger partial charge in [-0.3, -0.25) is 0 Å². The van der Waals surface area contributed by atoms with Gasteiger partial charge in [0, 0.05) is 7.11 Å². The molecule has 0 radical (unpaired) electrons. The van der Waals surface area contributed by atoms with Gasteiger partial charge in [-0.05, 0) is 16.7 Å². The van der Waals surface area contributed by atoms with E-state index in [0.29, 0.717) is 0 Å². The third-order valence-corrected chi connectivity index (χ3v) is 5.91. The van der Waals surface area contributed by atoms with Crippen LogP contribution in [0.15, 0.2) is 91.0 Å². The van der Waals surface area contributed by atoms with Crippen molar-refractivity contribution in [3.05, 3.63) is 108 Å². The number of hydrogen-bond acceptors (Lipinski definition) is 6. The van der Waals surface area contributed by atoms with E-state index < -0.39 is 36.3 Å². The minimum absolute atomic E-state index is 0.0521. The Morgan fingerprint density at radius 3 is 1.53 bits per heavy atom. The first-order valence-electron chi connectivity index (χ1n) is 10.6. The molecule has 6 heteroatoms. The highest BCUT2D eigenvalue weighted by Crippen LogP contribution is 2.41. The highest BCUT2D eigenvalue weighted by Gasteiger charge is 2.46. The Hall–Kier alpha value is -2.58. The van der Waals surface area contributed by atoms with Gasteiger partial charge in [-0.2, -0.15) is 0 Å². The molecule has 1 aliphatic rings. The first-order chi connectivity index (χ1) is 15.6. The van der Waals surface area contributed by atoms with Gasteiger partial charge in [0.25, 0.3) is 0 Å². The zero-order chi connectivity index (χ0) is 22.6. The minimum Gasteiger partial charge on any atom is -0.387 e. The zero-order valence-corrected chi connectivity index (χ0v) is 17.8. The van der Waals surface area contributed by atoms with Gasteiger partial charge in [0.05, 0.1) is 6.61 Å². The predicted molar refractivity (Wildman–Crippen MR) is 119 cm³/mol. The smallest absolute Gasteiger partial charge is 0.186 e. The van der Waals surface area contributed by atoms with Gasteiger partial charge >= 0.3 is 0 Å². The number of rotatable bonds is 7. The molecule has 1 aliphatic heterocycles. The summed E-state index contributed by atoms with van der Waals surface area (Å²) >= 11 is 0. The average molecular weight is 437 g/mol. The van der Waals surface area contributed by atoms with Crippen LogP contribution in [0, 0.1) is 0 Å². The van der Waals surface area contributed by atoms with Crippen LogP contribution in [0.3, 0.4) is 0 Å². The fraction of sp³-hybridized carbons (Fsp3) is 0.308. The van der Waals surface area contributed by atoms with Gasteiger partial charge in [-0.25, -0.2) is 0 Å². The summed E-state index contributed by atoms with van der Waals surface area (Å²) in [5.74, 6) is 0. The van der Waals surface area contributed by atoms with E-state index in [0.717, 1.165) is 16.7 Å². The maximum absolute atomic E-state index is 10.6. The summed E-state index contributed by atoms with van der Waals surface area (Å²) in [6.45, 7) is -0.0521. The van der Waals surface area contributed by atoms with Crippen LogP contribution >= 0.6 is 0 Å². The Balaban J connectivity index is 1.77. The molecule has 0 spiro atoms. The van der Waals surface area contributed by atoms with Crippen LogP contribution in [0.2, 0.25) is 0 Å². The molecule has 4 rings (SSSR count). The fourth-order valence-electron chi connectivity index (χ4n) is 4.22. The molecule has 32 heavy (non-hydrogen) atoms. The number of ether oxygens (including phenoxy) is 3. The first-order valence-corrected chi connectivity index (χ1v) is 10.6. The maximum atomic E-state index is 10.6. The lowest BCUT2D eigenvalue weighted by Crippen LogP contribution is -2.59. The van der Waals surface area contributed by atoms with E-state index in [1.54, 1.807) is 0 Å². The van der Waals surface area contributed by atoms with Crippen molar-refractivity contribution in [3.63, 3.8) is 0 Å². The van der Waals surface area contributed by atoms with Crippen LogP contribution in [0.25, 0.3) is 0 Å². The highest BCUT2D eigenvalue weighted by atomic mass is 16.7. The third-order valence-electron chi connectivity index (χ3n) is 5.91.